The van der Waals surface area contributed by atoms with Crippen LogP contribution in [-0.4, -0.2) is 54.2 Å². The number of para-hydroxylation sites is 2. The first kappa shape index (κ1) is 22.7. The Hall–Kier alpha value is -2.95. The molecule has 0 N–H and O–H groups in total. The number of carbonyl (C=O) groups is 1. The molecule has 0 atom stereocenters. The van der Waals surface area contributed by atoms with E-state index in [1.807, 2.05) is 0 Å². The number of nitrogens with zero attached hydrogens (tertiary/aromatic N) is 2. The zero-order valence-electron chi connectivity index (χ0n) is 16.4. The molecule has 0 amide bonds. The van der Waals surface area contributed by atoms with Crippen molar-refractivity contribution in [2.75, 3.05) is 14.2 Å². The van der Waals surface area contributed by atoms with Gasteiger partial charge in [0.15, 0.2) is 0 Å². The Morgan fingerprint density at radius 3 is 2.32 bits per heavy atom. The van der Waals surface area contributed by atoms with Gasteiger partial charge in [0.1, 0.15) is 0 Å². The fraction of sp³-hybridized carbons (Fsp3) is 0.0952. The van der Waals surface area contributed by atoms with Gasteiger partial charge in [0.25, 0.3) is 0 Å². The van der Waals surface area contributed by atoms with E-state index in [9.17, 15) is 13.6 Å². The van der Waals surface area contributed by atoms with E-state index < -0.39 is 47.4 Å². The van der Waals surface area contributed by atoms with Gasteiger partial charge in [-0.15, -0.1) is 0 Å². The summed E-state index contributed by atoms with van der Waals surface area (Å²) < 4.78 is 50.5. The molecule has 0 saturated carbocycles. The van der Waals surface area contributed by atoms with Crippen LogP contribution in [0.1, 0.15) is 5.56 Å². The molecule has 3 rings (SSSR count). The van der Waals surface area contributed by atoms with Crippen LogP contribution in [0, 0.1) is 11.6 Å². The van der Waals surface area contributed by atoms with Gasteiger partial charge in [0.05, 0.1) is 0 Å². The van der Waals surface area contributed by atoms with Crippen LogP contribution in [-0.2, 0) is 12.3 Å². The van der Waals surface area contributed by atoms with Crippen molar-refractivity contribution >= 4 is 35.6 Å². The summed E-state index contributed by atoms with van der Waals surface area (Å²) in [5.74, 6) is -2.63. The number of rotatable bonds is 8. The summed E-state index contributed by atoms with van der Waals surface area (Å²) in [5, 5.41) is 0. The third kappa shape index (κ3) is 5.81. The van der Waals surface area contributed by atoms with Gasteiger partial charge >= 0.3 is 183 Å². The van der Waals surface area contributed by atoms with Crippen LogP contribution in [0.2, 0.25) is 0 Å². The number of esters is 1. The fourth-order valence-corrected chi connectivity index (χ4v) is 4.05. The molecular weight excluding hydrogens is 607 g/mol. The first-order valence-corrected chi connectivity index (χ1v) is 11.9. The molecule has 0 unspecified atom stereocenters. The molecule has 0 bridgehead atoms. The quantitative estimate of drug-likeness (QED) is 0.276. The first-order valence-electron chi connectivity index (χ1n) is 8.72. The summed E-state index contributed by atoms with van der Waals surface area (Å²) in [5.41, 5.74) is 0.788. The van der Waals surface area contributed by atoms with Crippen LogP contribution in [0.15, 0.2) is 58.6 Å². The average Bonchev–Trinajstić information content (AvgIpc) is 2.77. The number of hydrogen-bond acceptors (Lipinski definition) is 7. The van der Waals surface area contributed by atoms with Crippen molar-refractivity contribution in [3.05, 3.63) is 75.8 Å². The second-order valence-electron chi connectivity index (χ2n) is 5.73. The molecule has 2 aromatic carbocycles. The van der Waals surface area contributed by atoms with E-state index in [0.29, 0.717) is 16.9 Å². The predicted molar refractivity (Wildman–Crippen MR) is 108 cm³/mol. The Kier molecular flexibility index (Phi) is 7.98. The minimum absolute atomic E-state index is 0.0462. The molecule has 0 spiro atoms. The van der Waals surface area contributed by atoms with Gasteiger partial charge in [0, 0.05) is 0 Å². The summed E-state index contributed by atoms with van der Waals surface area (Å²) in [6.07, 6.45) is 1.13. The summed E-state index contributed by atoms with van der Waals surface area (Å²) >= 11 is -1.34. The molecule has 3 aromatic rings. The Labute approximate surface area is 189 Å². The molecule has 0 aliphatic carbocycles. The summed E-state index contributed by atoms with van der Waals surface area (Å²) in [6.45, 7) is 0. The van der Waals surface area contributed by atoms with E-state index in [0.717, 1.165) is 18.5 Å². The van der Waals surface area contributed by atoms with E-state index in [4.69, 9.17) is 17.0 Å². The Morgan fingerprint density at radius 1 is 0.968 bits per heavy atom. The van der Waals surface area contributed by atoms with E-state index in [-0.39, 0.29) is 11.8 Å². The number of methoxy groups -OCH3 is 1. The molecule has 1 heterocycles. The van der Waals surface area contributed by atoms with E-state index in [2.05, 4.69) is 9.97 Å². The Morgan fingerprint density at radius 2 is 1.65 bits per heavy atom. The zero-order valence-corrected chi connectivity index (χ0v) is 19.5. The van der Waals surface area contributed by atoms with Gasteiger partial charge in [0.2, 0.25) is 0 Å². The number of hydrogen-bond donors (Lipinski definition) is 0. The van der Waals surface area contributed by atoms with Crippen LogP contribution >= 0.6 is 0 Å². The van der Waals surface area contributed by atoms with Crippen molar-refractivity contribution in [1.29, 1.82) is 0 Å². The molecule has 10 heteroatoms. The van der Waals surface area contributed by atoms with E-state index in [1.54, 1.807) is 35.1 Å². The van der Waals surface area contributed by atoms with Crippen LogP contribution in [0.5, 0.6) is 23.3 Å². The second kappa shape index (κ2) is 10.9. The van der Waals surface area contributed by atoms with Gasteiger partial charge < -0.3 is 0 Å². The summed E-state index contributed by atoms with van der Waals surface area (Å²) in [4.78, 5) is 20.1. The monoisotopic (exact) mass is 623 g/mol. The van der Waals surface area contributed by atoms with Crippen LogP contribution < -0.4 is 9.47 Å². The van der Waals surface area contributed by atoms with Crippen molar-refractivity contribution in [2.45, 2.75) is 0 Å². The van der Waals surface area contributed by atoms with Crippen LogP contribution in [0.25, 0.3) is 5.57 Å². The summed E-state index contributed by atoms with van der Waals surface area (Å²) in [6, 6.07) is 11.4. The van der Waals surface area contributed by atoms with E-state index >= 15 is 0 Å². The van der Waals surface area contributed by atoms with Crippen molar-refractivity contribution in [1.82, 2.24) is 9.97 Å². The molecule has 0 fully saturated rings. The van der Waals surface area contributed by atoms with Crippen molar-refractivity contribution < 1.29 is 30.6 Å². The number of benzene rings is 2. The Bertz CT molecular complexity index is 1090. The predicted octanol–water partition coefficient (Wildman–Crippen LogP) is 4.12. The molecule has 31 heavy (non-hydrogen) atoms. The van der Waals surface area contributed by atoms with Crippen molar-refractivity contribution in [3.63, 3.8) is 0 Å². The molecule has 0 aliphatic heterocycles. The van der Waals surface area contributed by atoms with Crippen molar-refractivity contribution in [2.24, 2.45) is 0 Å². The van der Waals surface area contributed by atoms with Gasteiger partial charge in [-0.25, -0.2) is 0 Å². The van der Waals surface area contributed by atoms with Crippen LogP contribution in [0.3, 0.4) is 0 Å². The minimum atomic E-state index is -1.34. The van der Waals surface area contributed by atoms with Crippen molar-refractivity contribution in [3.8, 4) is 23.3 Å². The first-order chi connectivity index (χ1) is 15.0. The standard InChI is InChI=1S/C20H13F2N2O4.CH3O.Po/c1-12(20(25)26-2)13-6-3-4-9-16(13)27-17-10-18(24-11-23-17)28-19-14(21)7-5-8-15(19)22;1-2;/h1,3-11H,2H3;1H3;/q;-1;+1. The maximum absolute atomic E-state index is 13.8. The molecule has 7 nitrogen and oxygen atoms in total. The number of aromatic nitrogens is 2. The Balaban J connectivity index is 1.90. The molecule has 160 valence electrons. The number of ether oxygens (including phenoxy) is 3. The molecule has 1 aromatic heterocycles. The molecule has 0 radical (unpaired) electrons. The van der Waals surface area contributed by atoms with Gasteiger partial charge in [-0.1, -0.05) is 6.07 Å². The van der Waals surface area contributed by atoms with Crippen LogP contribution in [0.4, 0.5) is 8.78 Å². The number of carbonyl (C=O) groups excluding carboxylic acids is 1. The third-order valence-electron chi connectivity index (χ3n) is 3.80. The third-order valence-corrected chi connectivity index (χ3v) is 5.84. The van der Waals surface area contributed by atoms with Gasteiger partial charge in [-0.2, -0.15) is 0 Å². The average molecular weight is 623 g/mol. The zero-order chi connectivity index (χ0) is 22.2. The topological polar surface area (TPSA) is 79.8 Å². The number of halogens is 2. The molecule has 0 saturated heterocycles. The maximum atomic E-state index is 13.8. The summed E-state index contributed by atoms with van der Waals surface area (Å²) in [7, 11) is 2.85. The van der Waals surface area contributed by atoms with Gasteiger partial charge in [-0.3, -0.25) is 0 Å². The fourth-order valence-electron chi connectivity index (χ4n) is 2.44. The van der Waals surface area contributed by atoms with Gasteiger partial charge in [-0.05, 0) is 0 Å². The SMILES string of the molecule is C[O][Po]/[CH]=C(/C(=O)OC)c1ccccc1Oc1cc(Oc2c(F)cccc2F)ncn1. The molecule has 0 aliphatic rings. The normalized spacial score (nSPS) is 11.2. The molecular formula is C21H16F2N2O5Po. The van der Waals surface area contributed by atoms with E-state index in [1.165, 1.54) is 19.2 Å². The second-order valence-corrected chi connectivity index (χ2v) is 8.69.